The summed E-state index contributed by atoms with van der Waals surface area (Å²) in [4.78, 5) is 37.2. The first kappa shape index (κ1) is 37.3. The molecule has 0 saturated carbocycles. The third kappa shape index (κ3) is 8.80. The van der Waals surface area contributed by atoms with Crippen LogP contribution in [0.1, 0.15) is 91.7 Å². The highest BCUT2D eigenvalue weighted by molar-refractivity contribution is 5.81. The molecule has 0 radical (unpaired) electrons. The van der Waals surface area contributed by atoms with Crippen molar-refractivity contribution in [1.29, 1.82) is 0 Å². The van der Waals surface area contributed by atoms with Crippen LogP contribution >= 0.6 is 0 Å². The number of rotatable bonds is 18. The molecule has 2 aromatic rings. The molecule has 0 bridgehead atoms. The number of hydrogen-bond acceptors (Lipinski definition) is 11. The van der Waals surface area contributed by atoms with Gasteiger partial charge in [0, 0.05) is 6.42 Å². The molecule has 2 N–H and O–H groups in total. The Morgan fingerprint density at radius 3 is 2.17 bits per heavy atom. The molecule has 3 heterocycles. The van der Waals surface area contributed by atoms with E-state index in [2.05, 4.69) is 61.7 Å². The number of nitrogen functional groups attached to an aromatic ring is 1. The number of carbonyl (C=O) groups excluding carboxylic acids is 2. The zero-order valence-corrected chi connectivity index (χ0v) is 28.0. The normalized spacial score (nSPS) is 19.6. The summed E-state index contributed by atoms with van der Waals surface area (Å²) in [7, 11) is 0. The van der Waals surface area contributed by atoms with Crippen LogP contribution in [0.3, 0.4) is 0 Å². The van der Waals surface area contributed by atoms with Gasteiger partial charge in [0.25, 0.3) is 0 Å². The van der Waals surface area contributed by atoms with Crippen molar-refractivity contribution in [2.75, 3.05) is 25.6 Å². The number of anilines is 1. The van der Waals surface area contributed by atoms with Crippen LogP contribution < -0.4 is 5.73 Å². The molecule has 3 rings (SSSR count). The van der Waals surface area contributed by atoms with Crippen LogP contribution in [0.15, 0.2) is 31.6 Å². The summed E-state index contributed by atoms with van der Waals surface area (Å²) in [6, 6.07) is 0. The third-order valence-corrected chi connectivity index (χ3v) is 9.76. The Morgan fingerprint density at radius 1 is 1.06 bits per heavy atom. The van der Waals surface area contributed by atoms with E-state index in [1.807, 2.05) is 12.2 Å². The number of hydrogen-bond donors (Lipinski definition) is 1. The fourth-order valence-corrected chi connectivity index (χ4v) is 6.13. The minimum absolute atomic E-state index is 0.0317. The van der Waals surface area contributed by atoms with Crippen molar-refractivity contribution in [3.63, 3.8) is 0 Å². The molecule has 1 aliphatic rings. The molecule has 1 saturated heterocycles. The SMILES string of the molecule is C#C[C@]1(COC(=O)OCCC(CC)(CC)CC=C)O[C@@H](n2cnc3c(N)nc(F)nc32)C[C@@H]1OC(=O)OCCC(CC)(CC)CC=C. The molecule has 0 aromatic carbocycles. The number of aromatic nitrogens is 4. The molecule has 258 valence electrons. The third-order valence-electron chi connectivity index (χ3n) is 9.76. The van der Waals surface area contributed by atoms with Crippen LogP contribution in [0, 0.1) is 29.3 Å². The maximum Gasteiger partial charge on any atom is 0.508 e. The topological polar surface area (TPSA) is 150 Å². The first-order valence-electron chi connectivity index (χ1n) is 16.1. The summed E-state index contributed by atoms with van der Waals surface area (Å²) in [6.45, 7) is 15.8. The Morgan fingerprint density at radius 2 is 1.64 bits per heavy atom. The number of fused-ring (bicyclic) bond motifs is 1. The summed E-state index contributed by atoms with van der Waals surface area (Å²) in [5.41, 5.74) is 4.17. The molecule has 47 heavy (non-hydrogen) atoms. The van der Waals surface area contributed by atoms with E-state index < -0.39 is 42.9 Å². The molecule has 0 aliphatic carbocycles. The Kier molecular flexibility index (Phi) is 13.2. The average molecular weight is 658 g/mol. The first-order valence-corrected chi connectivity index (χ1v) is 16.1. The van der Waals surface area contributed by atoms with Gasteiger partial charge in [-0.3, -0.25) is 4.57 Å². The zero-order chi connectivity index (χ0) is 34.7. The van der Waals surface area contributed by atoms with Crippen molar-refractivity contribution in [2.24, 2.45) is 10.8 Å². The Bertz CT molecular complexity index is 1430. The van der Waals surface area contributed by atoms with E-state index in [0.717, 1.165) is 38.5 Å². The maximum absolute atomic E-state index is 14.1. The lowest BCUT2D eigenvalue weighted by Gasteiger charge is -2.31. The van der Waals surface area contributed by atoms with Gasteiger partial charge in [0.15, 0.2) is 23.1 Å². The molecule has 0 amide bonds. The second kappa shape index (κ2) is 16.6. The quantitative estimate of drug-likeness (QED) is 0.0760. The minimum atomic E-state index is -1.75. The first-order chi connectivity index (χ1) is 22.5. The number of nitrogens with two attached hydrogens (primary N) is 1. The highest BCUT2D eigenvalue weighted by atomic mass is 19.1. The fourth-order valence-electron chi connectivity index (χ4n) is 6.13. The van der Waals surface area contributed by atoms with Crippen LogP contribution in [-0.4, -0.2) is 63.4 Å². The molecular formula is C34H48FN5O7. The summed E-state index contributed by atoms with van der Waals surface area (Å²) in [5.74, 6) is 2.34. The average Bonchev–Trinajstić information content (AvgIpc) is 3.64. The molecule has 0 unspecified atom stereocenters. The van der Waals surface area contributed by atoms with Crippen LogP contribution in [0.2, 0.25) is 0 Å². The second-order valence-electron chi connectivity index (χ2n) is 12.0. The number of halogens is 1. The number of imidazole rings is 1. The van der Waals surface area contributed by atoms with E-state index in [4.69, 9.17) is 35.8 Å². The Hall–Kier alpha value is -4.18. The van der Waals surface area contributed by atoms with E-state index in [1.54, 1.807) is 0 Å². The molecule has 1 fully saturated rings. The van der Waals surface area contributed by atoms with Crippen molar-refractivity contribution < 1.29 is 37.7 Å². The van der Waals surface area contributed by atoms with Gasteiger partial charge in [-0.2, -0.15) is 14.4 Å². The largest absolute Gasteiger partial charge is 0.508 e. The molecule has 1 aliphatic heterocycles. The van der Waals surface area contributed by atoms with Gasteiger partial charge >= 0.3 is 18.4 Å². The number of carbonyl (C=O) groups is 2. The lowest BCUT2D eigenvalue weighted by atomic mass is 9.77. The zero-order valence-electron chi connectivity index (χ0n) is 28.0. The highest BCUT2D eigenvalue weighted by Crippen LogP contribution is 2.41. The van der Waals surface area contributed by atoms with Crippen molar-refractivity contribution in [2.45, 2.75) is 103 Å². The van der Waals surface area contributed by atoms with Crippen molar-refractivity contribution in [1.82, 2.24) is 19.5 Å². The molecule has 13 heteroatoms. The van der Waals surface area contributed by atoms with Gasteiger partial charge in [-0.05, 0) is 36.5 Å². The molecule has 0 spiro atoms. The monoisotopic (exact) mass is 657 g/mol. The maximum atomic E-state index is 14.1. The molecular weight excluding hydrogens is 609 g/mol. The van der Waals surface area contributed by atoms with Crippen LogP contribution in [0.5, 0.6) is 0 Å². The predicted molar refractivity (Wildman–Crippen MR) is 174 cm³/mol. The van der Waals surface area contributed by atoms with Crippen molar-refractivity contribution in [3.05, 3.63) is 37.7 Å². The van der Waals surface area contributed by atoms with Gasteiger partial charge in [0.2, 0.25) is 5.60 Å². The van der Waals surface area contributed by atoms with E-state index in [9.17, 15) is 14.0 Å². The molecule has 3 atom stereocenters. The smallest absolute Gasteiger partial charge is 0.434 e. The Labute approximate surface area is 276 Å². The van der Waals surface area contributed by atoms with E-state index in [0.29, 0.717) is 12.8 Å². The van der Waals surface area contributed by atoms with Crippen LogP contribution in [0.4, 0.5) is 19.8 Å². The summed E-state index contributed by atoms with van der Waals surface area (Å²) < 4.78 is 43.7. The fraction of sp³-hybridized carbons (Fsp3) is 0.618. The van der Waals surface area contributed by atoms with Gasteiger partial charge in [-0.25, -0.2) is 14.6 Å². The minimum Gasteiger partial charge on any atom is -0.434 e. The highest BCUT2D eigenvalue weighted by Gasteiger charge is 2.53. The van der Waals surface area contributed by atoms with Gasteiger partial charge in [0.05, 0.1) is 19.5 Å². The van der Waals surface area contributed by atoms with E-state index >= 15 is 0 Å². The summed E-state index contributed by atoms with van der Waals surface area (Å²) >= 11 is 0. The standard InChI is InChI=1S/C34H48FN5O7/c1-8-15-32(10-3,11-4)17-19-43-30(41)45-22-34(14-7)24(46-31(42)44-20-18-33(12-5,13-6)16-9-2)21-25(47-34)40-23-37-26-27(36)38-29(35)39-28(26)40/h7-9,23-25H,1-2,10-13,15-22H2,3-6H3,(H2,36,38,39)/t24-,25+,34+/m0/s1. The second-order valence-corrected chi connectivity index (χ2v) is 12.0. The van der Waals surface area contributed by atoms with Crippen molar-refractivity contribution >= 4 is 29.3 Å². The Balaban J connectivity index is 1.77. The number of ether oxygens (including phenoxy) is 5. The van der Waals surface area contributed by atoms with E-state index in [-0.39, 0.29) is 47.4 Å². The number of terminal acetylenes is 1. The van der Waals surface area contributed by atoms with Gasteiger partial charge in [-0.1, -0.05) is 71.5 Å². The van der Waals surface area contributed by atoms with Crippen LogP contribution in [-0.2, 0) is 23.7 Å². The molecule has 12 nitrogen and oxygen atoms in total. The summed E-state index contributed by atoms with van der Waals surface area (Å²) in [6.07, 6.45) is 12.3. The number of allylic oxidation sites excluding steroid dienone is 2. The summed E-state index contributed by atoms with van der Waals surface area (Å²) in [5, 5.41) is 0. The van der Waals surface area contributed by atoms with E-state index in [1.165, 1.54) is 10.9 Å². The lowest BCUT2D eigenvalue weighted by Crippen LogP contribution is -2.45. The number of nitrogens with zero attached hydrogens (tertiary/aromatic N) is 4. The van der Waals surface area contributed by atoms with Gasteiger partial charge in [-0.15, -0.1) is 19.6 Å². The van der Waals surface area contributed by atoms with Gasteiger partial charge < -0.3 is 29.4 Å². The lowest BCUT2D eigenvalue weighted by molar-refractivity contribution is -0.106. The predicted octanol–water partition coefficient (Wildman–Crippen LogP) is 7.06. The van der Waals surface area contributed by atoms with Gasteiger partial charge in [0.1, 0.15) is 12.8 Å². The van der Waals surface area contributed by atoms with Crippen molar-refractivity contribution in [3.8, 4) is 12.3 Å². The molecule has 2 aromatic heterocycles. The van der Waals surface area contributed by atoms with Crippen LogP contribution in [0.25, 0.3) is 11.2 Å².